The van der Waals surface area contributed by atoms with E-state index < -0.39 is 0 Å². The standard InChI is InChI=1S/C9H13NO.C9H13N/c1-6-5-10(11)9(4)8(3)7(6)2;1-6-5-10-9(4)8(3)7(6)2/h5H,1-4H3;5H,1-4H3. The van der Waals surface area contributed by atoms with E-state index in [-0.39, 0.29) is 0 Å². The average Bonchev–Trinajstić information content (AvgIpc) is 2.45. The predicted octanol–water partition coefficient (Wildman–Crippen LogP) is 3.87. The zero-order valence-electron chi connectivity index (χ0n) is 14.5. The topological polar surface area (TPSA) is 39.8 Å². The summed E-state index contributed by atoms with van der Waals surface area (Å²) in [5, 5.41) is 11.1. The van der Waals surface area contributed by atoms with E-state index in [0.29, 0.717) is 0 Å². The molecule has 0 saturated carbocycles. The number of aromatic nitrogens is 2. The van der Waals surface area contributed by atoms with Crippen molar-refractivity contribution < 1.29 is 4.73 Å². The summed E-state index contributed by atoms with van der Waals surface area (Å²) in [5.41, 5.74) is 9.28. The second-order valence-corrected chi connectivity index (χ2v) is 5.75. The summed E-state index contributed by atoms with van der Waals surface area (Å²) in [7, 11) is 0. The summed E-state index contributed by atoms with van der Waals surface area (Å²) >= 11 is 0. The average molecular weight is 286 g/mol. The lowest BCUT2D eigenvalue weighted by atomic mass is 10.1. The Labute approximate surface area is 128 Å². The van der Waals surface area contributed by atoms with Crippen LogP contribution in [0.4, 0.5) is 0 Å². The third-order valence-electron chi connectivity index (χ3n) is 4.49. The molecule has 2 heterocycles. The third-order valence-corrected chi connectivity index (χ3v) is 4.49. The SMILES string of the molecule is Cc1c[n+]([O-])c(C)c(C)c1C.Cc1cnc(C)c(C)c1C. The summed E-state index contributed by atoms with van der Waals surface area (Å²) < 4.78 is 0.928. The first-order valence-electron chi connectivity index (χ1n) is 7.22. The molecule has 0 fully saturated rings. The normalized spacial score (nSPS) is 10.1. The molecule has 0 atom stereocenters. The quantitative estimate of drug-likeness (QED) is 0.545. The lowest BCUT2D eigenvalue weighted by Crippen LogP contribution is -2.31. The number of pyridine rings is 2. The van der Waals surface area contributed by atoms with E-state index in [0.717, 1.165) is 27.2 Å². The maximum atomic E-state index is 11.1. The third kappa shape index (κ3) is 3.81. The molecule has 0 unspecified atom stereocenters. The van der Waals surface area contributed by atoms with Crippen molar-refractivity contribution in [1.29, 1.82) is 0 Å². The number of rotatable bonds is 0. The second kappa shape index (κ2) is 6.70. The summed E-state index contributed by atoms with van der Waals surface area (Å²) in [4.78, 5) is 4.24. The van der Waals surface area contributed by atoms with Crippen LogP contribution in [0.25, 0.3) is 0 Å². The van der Waals surface area contributed by atoms with Gasteiger partial charge in [0.2, 0.25) is 0 Å². The molecule has 3 heteroatoms. The number of nitrogens with zero attached hydrogens (tertiary/aromatic N) is 2. The zero-order valence-corrected chi connectivity index (χ0v) is 14.5. The highest BCUT2D eigenvalue weighted by Gasteiger charge is 2.08. The molecule has 0 N–H and O–H groups in total. The van der Waals surface area contributed by atoms with Gasteiger partial charge in [0, 0.05) is 29.9 Å². The van der Waals surface area contributed by atoms with Crippen molar-refractivity contribution in [3.05, 3.63) is 62.4 Å². The zero-order chi connectivity index (χ0) is 16.3. The molecule has 0 aliphatic carbocycles. The van der Waals surface area contributed by atoms with Crippen LogP contribution in [0.1, 0.15) is 44.8 Å². The van der Waals surface area contributed by atoms with Gasteiger partial charge in [-0.05, 0) is 70.7 Å². The Morgan fingerprint density at radius 1 is 0.762 bits per heavy atom. The molecule has 0 radical (unpaired) electrons. The summed E-state index contributed by atoms with van der Waals surface area (Å²) in [6, 6.07) is 0. The maximum Gasteiger partial charge on any atom is 0.192 e. The van der Waals surface area contributed by atoms with Crippen LogP contribution in [-0.2, 0) is 0 Å². The van der Waals surface area contributed by atoms with Gasteiger partial charge in [0.15, 0.2) is 11.9 Å². The molecular formula is C18H26N2O. The first kappa shape index (κ1) is 17.2. The summed E-state index contributed by atoms with van der Waals surface area (Å²) in [6.45, 7) is 16.2. The van der Waals surface area contributed by atoms with Gasteiger partial charge in [-0.2, -0.15) is 4.73 Å². The van der Waals surface area contributed by atoms with E-state index in [9.17, 15) is 5.21 Å². The highest BCUT2D eigenvalue weighted by molar-refractivity contribution is 5.32. The van der Waals surface area contributed by atoms with Crippen molar-refractivity contribution in [3.63, 3.8) is 0 Å². The molecule has 0 saturated heterocycles. The highest BCUT2D eigenvalue weighted by atomic mass is 16.5. The Kier molecular flexibility index (Phi) is 5.47. The molecule has 114 valence electrons. The van der Waals surface area contributed by atoms with Gasteiger partial charge in [0.05, 0.1) is 0 Å². The van der Waals surface area contributed by atoms with Gasteiger partial charge in [0.25, 0.3) is 0 Å². The Morgan fingerprint density at radius 2 is 1.29 bits per heavy atom. The minimum atomic E-state index is 0.799. The van der Waals surface area contributed by atoms with Crippen molar-refractivity contribution >= 4 is 0 Å². The molecule has 0 aliphatic rings. The van der Waals surface area contributed by atoms with E-state index in [1.54, 1.807) is 6.20 Å². The van der Waals surface area contributed by atoms with Gasteiger partial charge in [0.1, 0.15) is 0 Å². The molecule has 0 amide bonds. The molecule has 2 aromatic heterocycles. The monoisotopic (exact) mass is 286 g/mol. The first-order chi connectivity index (χ1) is 9.66. The van der Waals surface area contributed by atoms with Crippen molar-refractivity contribution in [2.24, 2.45) is 0 Å². The van der Waals surface area contributed by atoms with Crippen LogP contribution >= 0.6 is 0 Å². The molecule has 21 heavy (non-hydrogen) atoms. The Balaban J connectivity index is 0.000000211. The van der Waals surface area contributed by atoms with Gasteiger partial charge >= 0.3 is 0 Å². The predicted molar refractivity (Wildman–Crippen MR) is 87.5 cm³/mol. The van der Waals surface area contributed by atoms with Crippen LogP contribution < -0.4 is 4.73 Å². The molecule has 2 aromatic rings. The van der Waals surface area contributed by atoms with Crippen LogP contribution in [0.2, 0.25) is 0 Å². The highest BCUT2D eigenvalue weighted by Crippen LogP contribution is 2.13. The van der Waals surface area contributed by atoms with Gasteiger partial charge in [-0.15, -0.1) is 0 Å². The van der Waals surface area contributed by atoms with E-state index in [1.165, 1.54) is 22.3 Å². The van der Waals surface area contributed by atoms with Crippen LogP contribution in [0.3, 0.4) is 0 Å². The van der Waals surface area contributed by atoms with Crippen LogP contribution in [0, 0.1) is 60.6 Å². The minimum Gasteiger partial charge on any atom is -0.618 e. The molecule has 2 rings (SSSR count). The molecule has 0 bridgehead atoms. The van der Waals surface area contributed by atoms with Gasteiger partial charge < -0.3 is 5.21 Å². The Hall–Kier alpha value is -1.90. The van der Waals surface area contributed by atoms with Gasteiger partial charge in [-0.25, -0.2) is 0 Å². The number of hydrogen-bond acceptors (Lipinski definition) is 2. The second-order valence-electron chi connectivity index (χ2n) is 5.75. The Bertz CT molecular complexity index is 608. The van der Waals surface area contributed by atoms with Gasteiger partial charge in [-0.3, -0.25) is 4.98 Å². The van der Waals surface area contributed by atoms with Crippen molar-refractivity contribution in [1.82, 2.24) is 4.98 Å². The van der Waals surface area contributed by atoms with E-state index in [4.69, 9.17) is 0 Å². The molecule has 0 aromatic carbocycles. The molecule has 3 nitrogen and oxygen atoms in total. The van der Waals surface area contributed by atoms with Gasteiger partial charge in [-0.1, -0.05) is 0 Å². The van der Waals surface area contributed by atoms with Crippen LogP contribution in [-0.4, -0.2) is 4.98 Å². The Morgan fingerprint density at radius 3 is 1.81 bits per heavy atom. The molecule has 0 aliphatic heterocycles. The lowest BCUT2D eigenvalue weighted by molar-refractivity contribution is -0.613. The largest absolute Gasteiger partial charge is 0.618 e. The smallest absolute Gasteiger partial charge is 0.192 e. The lowest BCUT2D eigenvalue weighted by Gasteiger charge is -2.07. The molecular weight excluding hydrogens is 260 g/mol. The van der Waals surface area contributed by atoms with Crippen molar-refractivity contribution in [2.75, 3.05) is 0 Å². The fourth-order valence-corrected chi connectivity index (χ4v) is 2.06. The van der Waals surface area contributed by atoms with Crippen LogP contribution in [0.15, 0.2) is 12.4 Å². The van der Waals surface area contributed by atoms with E-state index in [2.05, 4.69) is 25.8 Å². The van der Waals surface area contributed by atoms with Crippen molar-refractivity contribution in [2.45, 2.75) is 55.4 Å². The van der Waals surface area contributed by atoms with Crippen LogP contribution in [0.5, 0.6) is 0 Å². The molecule has 0 spiro atoms. The minimum absolute atomic E-state index is 0.799. The van der Waals surface area contributed by atoms with Crippen molar-refractivity contribution in [3.8, 4) is 0 Å². The fourth-order valence-electron chi connectivity index (χ4n) is 2.06. The number of hydrogen-bond donors (Lipinski definition) is 0. The van der Waals surface area contributed by atoms with E-state index in [1.807, 2.05) is 40.8 Å². The fraction of sp³-hybridized carbons (Fsp3) is 0.444. The summed E-state index contributed by atoms with van der Waals surface area (Å²) in [5.74, 6) is 0. The van der Waals surface area contributed by atoms with E-state index >= 15 is 0 Å². The first-order valence-corrected chi connectivity index (χ1v) is 7.22. The summed E-state index contributed by atoms with van der Waals surface area (Å²) in [6.07, 6.45) is 3.55. The number of aryl methyl sites for hydroxylation is 3. The maximum absolute atomic E-state index is 11.1.